The topological polar surface area (TPSA) is 26.3 Å². The molecule has 168 valence electrons. The Morgan fingerprint density at radius 2 is 1.23 bits per heavy atom. The number of carbonyl (C=O) groups is 1. The van der Waals surface area contributed by atoms with Crippen molar-refractivity contribution in [1.82, 2.24) is 0 Å². The molecule has 1 atom stereocenters. The summed E-state index contributed by atoms with van der Waals surface area (Å²) in [6, 6.07) is 27.3. The minimum atomic E-state index is -11.1. The summed E-state index contributed by atoms with van der Waals surface area (Å²) in [7, 11) is 0.118. The molecule has 10 heteroatoms. The molecule has 3 aromatic carbocycles. The number of halogens is 6. The van der Waals surface area contributed by atoms with Crippen LogP contribution in [0.15, 0.2) is 89.8 Å². The zero-order valence-corrected chi connectivity index (χ0v) is 18.9. The summed E-state index contributed by atoms with van der Waals surface area (Å²) in [5, 5.41) is 0. The zero-order valence-electron chi connectivity index (χ0n) is 16.2. The second kappa shape index (κ2) is 9.00. The van der Waals surface area contributed by atoms with Crippen LogP contribution in [0.1, 0.15) is 15.9 Å². The van der Waals surface area contributed by atoms with Gasteiger partial charge in [-0.25, -0.2) is 4.79 Å². The van der Waals surface area contributed by atoms with Crippen molar-refractivity contribution in [2.75, 3.05) is 6.26 Å². The van der Waals surface area contributed by atoms with E-state index >= 15 is 0 Å². The predicted octanol–water partition coefficient (Wildman–Crippen LogP) is 6.85. The van der Waals surface area contributed by atoms with E-state index < -0.39 is 14.2 Å². The van der Waals surface area contributed by atoms with Gasteiger partial charge in [-0.2, -0.15) is 0 Å². The third kappa shape index (κ3) is 11.5. The fraction of sp³-hybridized carbons (Fsp3) is 0.0952. The standard InChI is InChI=1S/C21H19O2S.AsF6/c1-24(16-17-8-4-2-5-9-17)20-14-12-19(13-15-20)23-21(22)18-10-6-3-7-11-18;2-1(3,4,5,6)7/h2-15H,16H2,1H3;/q+1;-1. The molecular weight excluding hydrogens is 505 g/mol. The van der Waals surface area contributed by atoms with E-state index in [0.717, 1.165) is 5.75 Å². The molecule has 0 saturated heterocycles. The Morgan fingerprint density at radius 1 is 0.774 bits per heavy atom. The Kier molecular flexibility index (Phi) is 7.23. The maximum absolute atomic E-state index is 12.1. The van der Waals surface area contributed by atoms with Crippen LogP contribution in [0.2, 0.25) is 0 Å². The summed E-state index contributed by atoms with van der Waals surface area (Å²) < 4.78 is 64.9. The number of ether oxygens (including phenoxy) is 1. The molecule has 0 N–H and O–H groups in total. The van der Waals surface area contributed by atoms with Crippen molar-refractivity contribution in [2.24, 2.45) is 0 Å². The van der Waals surface area contributed by atoms with Crippen LogP contribution < -0.4 is 4.74 Å². The maximum atomic E-state index is 12.1. The van der Waals surface area contributed by atoms with Gasteiger partial charge in [0.1, 0.15) is 17.8 Å². The number of rotatable bonds is 5. The van der Waals surface area contributed by atoms with Crippen LogP contribution in [0.3, 0.4) is 0 Å². The SMILES string of the molecule is C[S+](Cc1ccccc1)c1ccc(OC(=O)c2ccccc2)cc1.F[As-](F)(F)(F)(F)F. The van der Waals surface area contributed by atoms with Crippen LogP contribution >= 0.6 is 0 Å². The van der Waals surface area contributed by atoms with Gasteiger partial charge in [-0.15, -0.1) is 0 Å². The summed E-state index contributed by atoms with van der Waals surface area (Å²) in [6.45, 7) is 0. The van der Waals surface area contributed by atoms with Crippen molar-refractivity contribution in [3.63, 3.8) is 0 Å². The Labute approximate surface area is 180 Å². The van der Waals surface area contributed by atoms with Gasteiger partial charge in [0.25, 0.3) is 0 Å². The average molecular weight is 524 g/mol. The molecule has 0 aliphatic heterocycles. The number of hydrogen-bond donors (Lipinski definition) is 0. The van der Waals surface area contributed by atoms with Gasteiger partial charge in [0.2, 0.25) is 0 Å². The normalized spacial score (nSPS) is 14.3. The molecule has 0 radical (unpaired) electrons. The van der Waals surface area contributed by atoms with Gasteiger partial charge >= 0.3 is 40.9 Å². The quantitative estimate of drug-likeness (QED) is 0.120. The second-order valence-corrected chi connectivity index (χ2v) is 12.5. The van der Waals surface area contributed by atoms with E-state index in [2.05, 4.69) is 30.5 Å². The molecule has 0 bridgehead atoms. The van der Waals surface area contributed by atoms with Crippen molar-refractivity contribution >= 4 is 31.0 Å². The first-order valence-corrected chi connectivity index (χ1v) is 14.8. The third-order valence-corrected chi connectivity index (χ3v) is 5.52. The van der Waals surface area contributed by atoms with Gasteiger partial charge in [0, 0.05) is 16.5 Å². The summed E-state index contributed by atoms with van der Waals surface area (Å²) >= 11 is -11.1. The summed E-state index contributed by atoms with van der Waals surface area (Å²) in [6.07, 6.45) is 2.23. The van der Waals surface area contributed by atoms with E-state index in [4.69, 9.17) is 4.74 Å². The van der Waals surface area contributed by atoms with Crippen molar-refractivity contribution in [2.45, 2.75) is 10.6 Å². The van der Waals surface area contributed by atoms with Crippen LogP contribution in [0.4, 0.5) is 20.8 Å². The van der Waals surface area contributed by atoms with Gasteiger partial charge in [-0.3, -0.25) is 0 Å². The number of benzene rings is 3. The minimum absolute atomic E-state index is 0.118. The molecule has 0 fully saturated rings. The van der Waals surface area contributed by atoms with E-state index in [1.165, 1.54) is 10.5 Å². The molecule has 0 amide bonds. The molecule has 2 nitrogen and oxygen atoms in total. The van der Waals surface area contributed by atoms with Gasteiger partial charge in [-0.05, 0) is 36.4 Å². The zero-order chi connectivity index (χ0) is 23.2. The molecule has 0 saturated carbocycles. The van der Waals surface area contributed by atoms with Crippen LogP contribution in [0.5, 0.6) is 5.75 Å². The molecule has 1 unspecified atom stereocenters. The van der Waals surface area contributed by atoms with Gasteiger partial charge in [-0.1, -0.05) is 48.5 Å². The average Bonchev–Trinajstić information content (AvgIpc) is 2.67. The molecule has 0 spiro atoms. The Bertz CT molecular complexity index is 984. The first-order valence-electron chi connectivity index (χ1n) is 8.77. The summed E-state index contributed by atoms with van der Waals surface area (Å²) in [5.74, 6) is 1.26. The summed E-state index contributed by atoms with van der Waals surface area (Å²) in [5.41, 5.74) is 1.89. The van der Waals surface area contributed by atoms with Gasteiger partial charge in [0.15, 0.2) is 4.90 Å². The van der Waals surface area contributed by atoms with Crippen LogP contribution in [0.25, 0.3) is 0 Å². The molecule has 3 aromatic rings. The van der Waals surface area contributed by atoms with Crippen LogP contribution in [-0.4, -0.2) is 26.4 Å². The summed E-state index contributed by atoms with van der Waals surface area (Å²) in [4.78, 5) is 13.3. The first kappa shape index (κ1) is 24.9. The fourth-order valence-corrected chi connectivity index (χ4v) is 3.85. The van der Waals surface area contributed by atoms with E-state index in [-0.39, 0.29) is 16.9 Å². The molecule has 0 aliphatic rings. The van der Waals surface area contributed by atoms with Crippen molar-refractivity contribution in [3.8, 4) is 5.75 Å². The van der Waals surface area contributed by atoms with Crippen molar-refractivity contribution in [1.29, 1.82) is 0 Å². The Balaban J connectivity index is 0.000000423. The number of hydrogen-bond acceptors (Lipinski definition) is 2. The monoisotopic (exact) mass is 524 g/mol. The fourth-order valence-electron chi connectivity index (χ4n) is 2.39. The molecule has 0 aromatic heterocycles. The molecular formula is C21H19AsF6O2S. The van der Waals surface area contributed by atoms with Crippen molar-refractivity contribution in [3.05, 3.63) is 96.1 Å². The van der Waals surface area contributed by atoms with Gasteiger partial charge in [0.05, 0.1) is 5.56 Å². The molecule has 3 rings (SSSR count). The van der Waals surface area contributed by atoms with Crippen LogP contribution in [-0.2, 0) is 16.6 Å². The molecule has 0 heterocycles. The second-order valence-electron chi connectivity index (χ2n) is 6.45. The van der Waals surface area contributed by atoms with E-state index in [1.807, 2.05) is 48.5 Å². The number of esters is 1. The Morgan fingerprint density at radius 3 is 1.71 bits per heavy atom. The number of carbonyl (C=O) groups excluding carboxylic acids is 1. The van der Waals surface area contributed by atoms with Gasteiger partial charge < -0.3 is 4.74 Å². The van der Waals surface area contributed by atoms with E-state index in [9.17, 15) is 25.6 Å². The van der Waals surface area contributed by atoms with Crippen LogP contribution in [0, 0.1) is 0 Å². The van der Waals surface area contributed by atoms with Crippen molar-refractivity contribution < 1.29 is 30.3 Å². The third-order valence-electron chi connectivity index (χ3n) is 3.67. The predicted molar refractivity (Wildman–Crippen MR) is 112 cm³/mol. The molecule has 0 aliphatic carbocycles. The molecule has 31 heavy (non-hydrogen) atoms. The van der Waals surface area contributed by atoms with E-state index in [0.29, 0.717) is 11.3 Å². The van der Waals surface area contributed by atoms with E-state index in [1.54, 1.807) is 12.1 Å². The first-order chi connectivity index (χ1) is 14.2. The Hall–Kier alpha value is -2.38.